The summed E-state index contributed by atoms with van der Waals surface area (Å²) in [6.45, 7) is 1.38. The molecule has 0 fully saturated rings. The molecule has 0 atom stereocenters. The van der Waals surface area contributed by atoms with Crippen LogP contribution in [-0.2, 0) is 4.79 Å². The second-order valence-corrected chi connectivity index (χ2v) is 5.22. The van der Waals surface area contributed by atoms with Crippen LogP contribution in [0.15, 0.2) is 39.2 Å². The van der Waals surface area contributed by atoms with Gasteiger partial charge in [-0.2, -0.15) is 4.42 Å². The first kappa shape index (κ1) is 12.1. The highest BCUT2D eigenvalue weighted by atomic mass is 32.2. The van der Waals surface area contributed by atoms with Crippen molar-refractivity contribution in [3.05, 3.63) is 30.3 Å². The van der Waals surface area contributed by atoms with Crippen LogP contribution in [0.4, 0.5) is 0 Å². The van der Waals surface area contributed by atoms with Gasteiger partial charge in [-0.05, 0) is 30.2 Å². The van der Waals surface area contributed by atoms with Crippen molar-refractivity contribution in [3.63, 3.8) is 0 Å². The molecule has 5 heteroatoms. The fourth-order valence-corrected chi connectivity index (χ4v) is 2.73. The van der Waals surface area contributed by atoms with E-state index >= 15 is 0 Å². The van der Waals surface area contributed by atoms with Crippen LogP contribution in [0.1, 0.15) is 6.92 Å². The van der Waals surface area contributed by atoms with E-state index in [1.165, 1.54) is 30.0 Å². The van der Waals surface area contributed by atoms with Crippen LogP contribution in [0.2, 0.25) is 0 Å². The van der Waals surface area contributed by atoms with Crippen LogP contribution < -0.4 is 4.74 Å². The average molecular weight is 267 g/mol. The molecule has 0 aliphatic rings. The van der Waals surface area contributed by atoms with E-state index in [0.717, 1.165) is 9.97 Å². The molecule has 0 bridgehead atoms. The molecule has 0 unspecified atom stereocenters. The minimum absolute atomic E-state index is 0.341. The maximum absolute atomic E-state index is 11.0. The summed E-state index contributed by atoms with van der Waals surface area (Å²) in [5.74, 6) is 0.266. The smallest absolute Gasteiger partial charge is 0.405 e. The number of thioether (sulfide) groups is 1. The molecular weight excluding hydrogens is 256 g/mol. The molecule has 0 aliphatic heterocycles. The van der Waals surface area contributed by atoms with Crippen molar-refractivity contribution in [1.29, 1.82) is 0 Å². The van der Waals surface area contributed by atoms with Crippen LogP contribution in [-0.4, -0.2) is 12.2 Å². The SMILES string of the molecule is CSc1[o+]c(-c2ccccc2)c(OC(C)=O)s1. The molecule has 1 heterocycles. The van der Waals surface area contributed by atoms with Crippen LogP contribution >= 0.6 is 23.1 Å². The monoisotopic (exact) mass is 267 g/mol. The summed E-state index contributed by atoms with van der Waals surface area (Å²) in [6.07, 6.45) is 1.92. The number of hydrogen-bond donors (Lipinski definition) is 0. The summed E-state index contributed by atoms with van der Waals surface area (Å²) in [5, 5.41) is 0.507. The number of ether oxygens (including phenoxy) is 1. The lowest BCUT2D eigenvalue weighted by Crippen LogP contribution is -2.00. The van der Waals surface area contributed by atoms with Crippen LogP contribution in [0.25, 0.3) is 11.3 Å². The molecule has 2 aromatic rings. The molecule has 3 nitrogen and oxygen atoms in total. The zero-order valence-corrected chi connectivity index (χ0v) is 11.1. The number of rotatable bonds is 3. The summed E-state index contributed by atoms with van der Waals surface area (Å²) in [4.78, 5) is 11.0. The highest BCUT2D eigenvalue weighted by Crippen LogP contribution is 2.41. The van der Waals surface area contributed by atoms with Gasteiger partial charge in [0, 0.05) is 18.3 Å². The maximum atomic E-state index is 11.0. The summed E-state index contributed by atoms with van der Waals surface area (Å²) in [7, 11) is 0. The molecule has 1 aromatic heterocycles. The van der Waals surface area contributed by atoms with E-state index in [1.807, 2.05) is 36.6 Å². The van der Waals surface area contributed by atoms with E-state index in [2.05, 4.69) is 0 Å². The van der Waals surface area contributed by atoms with Crippen molar-refractivity contribution < 1.29 is 13.9 Å². The molecule has 0 spiro atoms. The molecular formula is C12H11O3S2+. The van der Waals surface area contributed by atoms with Gasteiger partial charge < -0.3 is 4.74 Å². The third-order valence-electron chi connectivity index (χ3n) is 1.99. The predicted octanol–water partition coefficient (Wildman–Crippen LogP) is 3.94. The number of carbonyl (C=O) groups excluding carboxylic acids is 1. The molecule has 0 saturated carbocycles. The van der Waals surface area contributed by atoms with Gasteiger partial charge in [0.15, 0.2) is 0 Å². The van der Waals surface area contributed by atoms with Crippen molar-refractivity contribution in [2.75, 3.05) is 6.26 Å². The Morgan fingerprint density at radius 2 is 2.06 bits per heavy atom. The third kappa shape index (κ3) is 2.87. The Hall–Kier alpha value is -1.33. The van der Waals surface area contributed by atoms with Crippen LogP contribution in [0, 0.1) is 0 Å². The Balaban J connectivity index is 2.44. The minimum atomic E-state index is -0.341. The van der Waals surface area contributed by atoms with Crippen molar-refractivity contribution >= 4 is 29.1 Å². The lowest BCUT2D eigenvalue weighted by molar-refractivity contribution is -0.131. The number of benzene rings is 1. The zero-order valence-electron chi connectivity index (χ0n) is 9.43. The van der Waals surface area contributed by atoms with Gasteiger partial charge in [0.2, 0.25) is 0 Å². The Labute approximate surface area is 107 Å². The Morgan fingerprint density at radius 1 is 1.35 bits per heavy atom. The van der Waals surface area contributed by atoms with Crippen LogP contribution in [0.3, 0.4) is 0 Å². The summed E-state index contributed by atoms with van der Waals surface area (Å²) < 4.78 is 11.6. The largest absolute Gasteiger partial charge is 0.449 e. The molecule has 0 amide bonds. The molecule has 2 rings (SSSR count). The van der Waals surface area contributed by atoms with Gasteiger partial charge in [0.25, 0.3) is 5.06 Å². The highest BCUT2D eigenvalue weighted by Gasteiger charge is 2.29. The van der Waals surface area contributed by atoms with Gasteiger partial charge in [-0.15, -0.1) is 0 Å². The van der Waals surface area contributed by atoms with Crippen LogP contribution in [0.5, 0.6) is 5.06 Å². The van der Waals surface area contributed by atoms with Gasteiger partial charge in [0.1, 0.15) is 0 Å². The quantitative estimate of drug-likeness (QED) is 0.479. The normalized spacial score (nSPS) is 10.2. The summed E-state index contributed by atoms with van der Waals surface area (Å²) in [6, 6.07) is 9.60. The molecule has 0 saturated heterocycles. The minimum Gasteiger partial charge on any atom is -0.405 e. The van der Waals surface area contributed by atoms with Gasteiger partial charge in [-0.25, -0.2) is 0 Å². The van der Waals surface area contributed by atoms with Crippen molar-refractivity contribution in [2.24, 2.45) is 0 Å². The Bertz CT molecular complexity index is 520. The second-order valence-electron chi connectivity index (χ2n) is 3.23. The van der Waals surface area contributed by atoms with Gasteiger partial charge in [0.05, 0.1) is 5.56 Å². The van der Waals surface area contributed by atoms with E-state index in [1.54, 1.807) is 0 Å². The number of hydrogen-bond acceptors (Lipinski definition) is 4. The van der Waals surface area contributed by atoms with Crippen molar-refractivity contribution in [2.45, 2.75) is 11.3 Å². The topological polar surface area (TPSA) is 37.6 Å². The van der Waals surface area contributed by atoms with Gasteiger partial charge in [-0.3, -0.25) is 4.79 Å². The lowest BCUT2D eigenvalue weighted by atomic mass is 10.2. The highest BCUT2D eigenvalue weighted by molar-refractivity contribution is 8.00. The molecule has 0 N–H and O–H groups in total. The zero-order chi connectivity index (χ0) is 12.3. The summed E-state index contributed by atoms with van der Waals surface area (Å²) >= 11 is 2.82. The first-order chi connectivity index (χ1) is 8.20. The Morgan fingerprint density at radius 3 is 2.65 bits per heavy atom. The molecule has 88 valence electrons. The van der Waals surface area contributed by atoms with Gasteiger partial charge >= 0.3 is 16.1 Å². The molecule has 0 aliphatic carbocycles. The Kier molecular flexibility index (Phi) is 3.81. The molecule has 1 aromatic carbocycles. The van der Waals surface area contributed by atoms with E-state index < -0.39 is 0 Å². The number of carbonyl (C=O) groups is 1. The average Bonchev–Trinajstić information content (AvgIpc) is 2.72. The fourth-order valence-electron chi connectivity index (χ4n) is 1.32. The van der Waals surface area contributed by atoms with E-state index in [-0.39, 0.29) is 5.97 Å². The molecule has 17 heavy (non-hydrogen) atoms. The van der Waals surface area contributed by atoms with Crippen molar-refractivity contribution in [1.82, 2.24) is 0 Å². The predicted molar refractivity (Wildman–Crippen MR) is 69.5 cm³/mol. The van der Waals surface area contributed by atoms with Gasteiger partial charge in [-0.1, -0.05) is 18.2 Å². The molecule has 0 radical (unpaired) electrons. The van der Waals surface area contributed by atoms with Crippen molar-refractivity contribution in [3.8, 4) is 16.4 Å². The van der Waals surface area contributed by atoms with E-state index in [9.17, 15) is 4.79 Å². The third-order valence-corrected chi connectivity index (χ3v) is 3.86. The van der Waals surface area contributed by atoms with E-state index in [0.29, 0.717) is 10.8 Å². The standard InChI is InChI=1S/C12H11O3S2/c1-8(13)14-11-10(15-12(16-2)17-11)9-6-4-3-5-7-9/h3-7H,1-2H3/q+1. The maximum Gasteiger partial charge on any atom is 0.449 e. The fraction of sp³-hybridized carbons (Fsp3) is 0.167. The first-order valence-corrected chi connectivity index (χ1v) is 6.99. The first-order valence-electron chi connectivity index (χ1n) is 4.95. The lowest BCUT2D eigenvalue weighted by Gasteiger charge is -1.93. The van der Waals surface area contributed by atoms with E-state index in [4.69, 9.17) is 9.15 Å². The summed E-state index contributed by atoms with van der Waals surface area (Å²) in [5.41, 5.74) is 0.903. The second kappa shape index (κ2) is 5.33. The number of esters is 1.